The molecule has 35 heavy (non-hydrogen) atoms. The molecule has 4 unspecified atom stereocenters. The zero-order valence-corrected chi connectivity index (χ0v) is 26.0. The Morgan fingerprint density at radius 2 is 0.429 bits per heavy atom. The molecule has 0 saturated heterocycles. The maximum absolute atomic E-state index is 2.49. The smallest absolute Gasteiger partial charge is 0.0443 e. The summed E-state index contributed by atoms with van der Waals surface area (Å²) < 4.78 is 0. The molecule has 0 heteroatoms. The molecule has 0 aliphatic rings. The van der Waals surface area contributed by atoms with E-state index < -0.39 is 0 Å². The second-order valence-corrected chi connectivity index (χ2v) is 13.0. The fraction of sp³-hybridized carbons (Fsp3) is 1.00. The van der Waals surface area contributed by atoms with Gasteiger partial charge in [0.05, 0.1) is 0 Å². The van der Waals surface area contributed by atoms with Gasteiger partial charge in [-0.3, -0.25) is 0 Å². The molecule has 0 rings (SSSR count). The van der Waals surface area contributed by atoms with Gasteiger partial charge in [-0.2, -0.15) is 0 Å². The van der Waals surface area contributed by atoms with Gasteiger partial charge in [-0.1, -0.05) is 202 Å². The zero-order valence-electron chi connectivity index (χ0n) is 26.0. The highest BCUT2D eigenvalue weighted by molar-refractivity contribution is 4.59. The van der Waals surface area contributed by atoms with Gasteiger partial charge in [-0.15, -0.1) is 0 Å². The van der Waals surface area contributed by atoms with Crippen LogP contribution in [0.15, 0.2) is 0 Å². The van der Waals surface area contributed by atoms with E-state index >= 15 is 0 Å². The average molecular weight is 493 g/mol. The normalized spacial score (nSPS) is 15.3. The van der Waals surface area contributed by atoms with Crippen molar-refractivity contribution in [2.45, 2.75) is 202 Å². The molecule has 0 heterocycles. The van der Waals surface area contributed by atoms with Crippen molar-refractivity contribution in [1.29, 1.82) is 0 Å². The van der Waals surface area contributed by atoms with Crippen molar-refractivity contribution in [2.24, 2.45) is 23.7 Å². The molecule has 0 fully saturated rings. The van der Waals surface area contributed by atoms with Crippen LogP contribution >= 0.6 is 0 Å². The van der Waals surface area contributed by atoms with Gasteiger partial charge >= 0.3 is 0 Å². The number of unbranched alkanes of at least 4 members (excludes halogenated alkanes) is 14. The van der Waals surface area contributed by atoms with Crippen LogP contribution in [-0.4, -0.2) is 0 Å². The summed E-state index contributed by atoms with van der Waals surface area (Å²) in [6.45, 7) is 14.4. The van der Waals surface area contributed by atoms with Gasteiger partial charge in [0.1, 0.15) is 0 Å². The number of hydrogen-bond acceptors (Lipinski definition) is 0. The fourth-order valence-corrected chi connectivity index (χ4v) is 5.60. The lowest BCUT2D eigenvalue weighted by molar-refractivity contribution is 0.412. The van der Waals surface area contributed by atoms with E-state index in [1.807, 2.05) is 0 Å². The first kappa shape index (κ1) is 35.0. The van der Waals surface area contributed by atoms with Crippen LogP contribution < -0.4 is 0 Å². The molecule has 0 aliphatic heterocycles. The molecule has 0 saturated carbocycles. The standard InChI is InChI=1S/C35H72/c1-7-32(3)26-22-24-30-34(5)28-20-18-16-14-12-10-9-11-13-15-17-19-21-29-35(6)31-25-23-27-33(4)8-2/h32-35H,7-31H2,1-6H3. The van der Waals surface area contributed by atoms with E-state index in [4.69, 9.17) is 0 Å². The van der Waals surface area contributed by atoms with Gasteiger partial charge in [0.2, 0.25) is 0 Å². The highest BCUT2D eigenvalue weighted by Gasteiger charge is 2.05. The van der Waals surface area contributed by atoms with Crippen molar-refractivity contribution in [3.63, 3.8) is 0 Å². The molecule has 0 N–H and O–H groups in total. The largest absolute Gasteiger partial charge is 0.0651 e. The SMILES string of the molecule is CCC(C)CCCCC(C)CCCCCCCCCCCCCCCC(C)CCCCC(C)CC. The highest BCUT2D eigenvalue weighted by atomic mass is 14.1. The summed E-state index contributed by atoms with van der Waals surface area (Å²) in [6.07, 6.45) is 36.6. The molecule has 0 amide bonds. The van der Waals surface area contributed by atoms with Crippen molar-refractivity contribution in [2.75, 3.05) is 0 Å². The first-order valence-corrected chi connectivity index (χ1v) is 17.0. The molecule has 0 spiro atoms. The minimum atomic E-state index is 0.938. The molecule has 0 aromatic heterocycles. The minimum Gasteiger partial charge on any atom is -0.0651 e. The lowest BCUT2D eigenvalue weighted by Crippen LogP contribution is -1.97. The lowest BCUT2D eigenvalue weighted by Gasteiger charge is -2.12. The molecule has 0 radical (unpaired) electrons. The predicted octanol–water partition coefficient (Wildman–Crippen LogP) is 13.3. The van der Waals surface area contributed by atoms with E-state index in [-0.39, 0.29) is 0 Å². The Hall–Kier alpha value is 0. The second kappa shape index (κ2) is 27.0. The van der Waals surface area contributed by atoms with Crippen molar-refractivity contribution in [1.82, 2.24) is 0 Å². The molecular formula is C35H72. The van der Waals surface area contributed by atoms with Crippen LogP contribution in [0.5, 0.6) is 0 Å². The predicted molar refractivity (Wildman–Crippen MR) is 163 cm³/mol. The third-order valence-electron chi connectivity index (χ3n) is 9.08. The van der Waals surface area contributed by atoms with Gasteiger partial charge in [0.25, 0.3) is 0 Å². The second-order valence-electron chi connectivity index (χ2n) is 13.0. The van der Waals surface area contributed by atoms with Crippen LogP contribution in [0, 0.1) is 23.7 Å². The Bertz CT molecular complexity index is 349. The summed E-state index contributed by atoms with van der Waals surface area (Å²) in [5.41, 5.74) is 0. The number of rotatable bonds is 28. The van der Waals surface area contributed by atoms with E-state index in [1.54, 1.807) is 0 Å². The topological polar surface area (TPSA) is 0 Å². The van der Waals surface area contributed by atoms with Crippen molar-refractivity contribution >= 4 is 0 Å². The zero-order chi connectivity index (χ0) is 26.0. The van der Waals surface area contributed by atoms with Gasteiger partial charge in [0.15, 0.2) is 0 Å². The van der Waals surface area contributed by atoms with Gasteiger partial charge in [0, 0.05) is 0 Å². The summed E-state index contributed by atoms with van der Waals surface area (Å²) in [7, 11) is 0. The molecule has 4 atom stereocenters. The molecule has 212 valence electrons. The molecular weight excluding hydrogens is 420 g/mol. The monoisotopic (exact) mass is 493 g/mol. The van der Waals surface area contributed by atoms with Crippen molar-refractivity contribution in [3.05, 3.63) is 0 Å². The van der Waals surface area contributed by atoms with Crippen LogP contribution in [0.2, 0.25) is 0 Å². The van der Waals surface area contributed by atoms with Crippen LogP contribution in [0.25, 0.3) is 0 Å². The first-order valence-electron chi connectivity index (χ1n) is 17.0. The summed E-state index contributed by atoms with van der Waals surface area (Å²) in [4.78, 5) is 0. The third-order valence-corrected chi connectivity index (χ3v) is 9.08. The fourth-order valence-electron chi connectivity index (χ4n) is 5.60. The lowest BCUT2D eigenvalue weighted by atomic mass is 9.94. The first-order chi connectivity index (χ1) is 17.0. The van der Waals surface area contributed by atoms with Crippen LogP contribution in [0.3, 0.4) is 0 Å². The Morgan fingerprint density at radius 1 is 0.257 bits per heavy atom. The molecule has 0 bridgehead atoms. The Morgan fingerprint density at radius 3 is 0.657 bits per heavy atom. The average Bonchev–Trinajstić information content (AvgIpc) is 2.86. The van der Waals surface area contributed by atoms with E-state index in [0.717, 1.165) is 23.7 Å². The highest BCUT2D eigenvalue weighted by Crippen LogP contribution is 2.21. The summed E-state index contributed by atoms with van der Waals surface area (Å²) in [6, 6.07) is 0. The molecule has 0 aromatic carbocycles. The minimum absolute atomic E-state index is 0.938. The van der Waals surface area contributed by atoms with Crippen LogP contribution in [0.1, 0.15) is 202 Å². The Kier molecular flexibility index (Phi) is 27.0. The molecule has 0 aromatic rings. The van der Waals surface area contributed by atoms with E-state index in [9.17, 15) is 0 Å². The van der Waals surface area contributed by atoms with Crippen LogP contribution in [-0.2, 0) is 0 Å². The maximum atomic E-state index is 2.49. The van der Waals surface area contributed by atoms with Gasteiger partial charge in [-0.05, 0) is 23.7 Å². The van der Waals surface area contributed by atoms with Crippen molar-refractivity contribution in [3.8, 4) is 0 Å². The van der Waals surface area contributed by atoms with Gasteiger partial charge in [-0.25, -0.2) is 0 Å². The van der Waals surface area contributed by atoms with E-state index in [1.165, 1.54) is 161 Å². The summed E-state index contributed by atoms with van der Waals surface area (Å²) in [5.74, 6) is 3.79. The van der Waals surface area contributed by atoms with Crippen LogP contribution in [0.4, 0.5) is 0 Å². The summed E-state index contributed by atoms with van der Waals surface area (Å²) >= 11 is 0. The van der Waals surface area contributed by atoms with Crippen molar-refractivity contribution < 1.29 is 0 Å². The van der Waals surface area contributed by atoms with E-state index in [0.29, 0.717) is 0 Å². The quantitative estimate of drug-likeness (QED) is 0.0952. The van der Waals surface area contributed by atoms with Gasteiger partial charge < -0.3 is 0 Å². The maximum Gasteiger partial charge on any atom is -0.0443 e. The third kappa shape index (κ3) is 26.9. The summed E-state index contributed by atoms with van der Waals surface area (Å²) in [5, 5.41) is 0. The molecule has 0 nitrogen and oxygen atoms in total. The van der Waals surface area contributed by atoms with E-state index in [2.05, 4.69) is 41.5 Å². The Labute approximate surface area is 225 Å². The molecule has 0 aliphatic carbocycles. The number of hydrogen-bond donors (Lipinski definition) is 0. The Balaban J connectivity index is 3.23.